The number of carbonyl (C=O) groups is 2. The zero-order valence-electron chi connectivity index (χ0n) is 8.58. The standard InChI is InChI=1S/C9H16N2O3/c1-3-7(10-2)4-11-8(12)5-14-6-9(11)13/h7,10H,3-6H2,1-2H3. The maximum absolute atomic E-state index is 11.3. The van der Waals surface area contributed by atoms with Crippen LogP contribution < -0.4 is 5.32 Å². The largest absolute Gasteiger partial charge is 0.362 e. The molecule has 1 fully saturated rings. The summed E-state index contributed by atoms with van der Waals surface area (Å²) in [6.45, 7) is 2.49. The Balaban J connectivity index is 2.55. The van der Waals surface area contributed by atoms with Gasteiger partial charge in [0.2, 0.25) is 0 Å². The number of imide groups is 1. The van der Waals surface area contributed by atoms with Crippen LogP contribution in [0.4, 0.5) is 0 Å². The summed E-state index contributed by atoms with van der Waals surface area (Å²) in [6.07, 6.45) is 0.883. The van der Waals surface area contributed by atoms with E-state index in [4.69, 9.17) is 4.74 Å². The van der Waals surface area contributed by atoms with Crippen LogP contribution in [0.5, 0.6) is 0 Å². The lowest BCUT2D eigenvalue weighted by atomic mass is 10.2. The van der Waals surface area contributed by atoms with Crippen LogP contribution in [0.15, 0.2) is 0 Å². The lowest BCUT2D eigenvalue weighted by Crippen LogP contribution is -2.51. The molecule has 1 unspecified atom stereocenters. The number of rotatable bonds is 4. The normalized spacial score (nSPS) is 20.0. The molecule has 1 N–H and O–H groups in total. The number of ether oxygens (including phenoxy) is 1. The molecule has 0 aliphatic carbocycles. The first-order valence-corrected chi connectivity index (χ1v) is 4.77. The molecular formula is C9H16N2O3. The number of likely N-dealkylation sites (N-methyl/N-ethyl adjacent to an activating group) is 1. The first-order valence-electron chi connectivity index (χ1n) is 4.77. The van der Waals surface area contributed by atoms with Gasteiger partial charge in [-0.1, -0.05) is 6.92 Å². The molecule has 1 heterocycles. The molecule has 1 atom stereocenters. The van der Waals surface area contributed by atoms with Crippen LogP contribution in [0.1, 0.15) is 13.3 Å². The van der Waals surface area contributed by atoms with Gasteiger partial charge < -0.3 is 10.1 Å². The molecule has 0 spiro atoms. The van der Waals surface area contributed by atoms with E-state index in [-0.39, 0.29) is 31.1 Å². The minimum absolute atomic E-state index is 0.0197. The monoisotopic (exact) mass is 200 g/mol. The third-order valence-electron chi connectivity index (χ3n) is 2.36. The first kappa shape index (κ1) is 11.1. The maximum Gasteiger partial charge on any atom is 0.255 e. The smallest absolute Gasteiger partial charge is 0.255 e. The summed E-state index contributed by atoms with van der Waals surface area (Å²) < 4.78 is 4.81. The van der Waals surface area contributed by atoms with Crippen molar-refractivity contribution in [2.45, 2.75) is 19.4 Å². The number of nitrogens with one attached hydrogen (secondary N) is 1. The van der Waals surface area contributed by atoms with Crippen molar-refractivity contribution < 1.29 is 14.3 Å². The Labute approximate surface area is 83.4 Å². The average Bonchev–Trinajstić information content (AvgIpc) is 2.18. The molecule has 5 heteroatoms. The van der Waals surface area contributed by atoms with Gasteiger partial charge in [-0.2, -0.15) is 0 Å². The van der Waals surface area contributed by atoms with Gasteiger partial charge in [0.15, 0.2) is 0 Å². The highest BCUT2D eigenvalue weighted by Gasteiger charge is 2.27. The maximum atomic E-state index is 11.3. The summed E-state index contributed by atoms with van der Waals surface area (Å²) in [5.41, 5.74) is 0. The molecule has 0 saturated carbocycles. The number of morpholine rings is 1. The number of nitrogens with zero attached hydrogens (tertiary/aromatic N) is 1. The van der Waals surface area contributed by atoms with E-state index < -0.39 is 0 Å². The van der Waals surface area contributed by atoms with Gasteiger partial charge in [-0.15, -0.1) is 0 Å². The lowest BCUT2D eigenvalue weighted by molar-refractivity contribution is -0.158. The van der Waals surface area contributed by atoms with E-state index in [0.29, 0.717) is 6.54 Å². The van der Waals surface area contributed by atoms with E-state index >= 15 is 0 Å². The van der Waals surface area contributed by atoms with Gasteiger partial charge in [0.1, 0.15) is 13.2 Å². The van der Waals surface area contributed by atoms with Gasteiger partial charge >= 0.3 is 0 Å². The molecule has 80 valence electrons. The summed E-state index contributed by atoms with van der Waals surface area (Å²) >= 11 is 0. The molecule has 0 bridgehead atoms. The zero-order valence-corrected chi connectivity index (χ0v) is 8.58. The molecule has 14 heavy (non-hydrogen) atoms. The average molecular weight is 200 g/mol. The quantitative estimate of drug-likeness (QED) is 0.614. The van der Waals surface area contributed by atoms with E-state index in [1.165, 1.54) is 4.90 Å². The Hall–Kier alpha value is -0.940. The van der Waals surface area contributed by atoms with Crippen LogP contribution in [0.3, 0.4) is 0 Å². The van der Waals surface area contributed by atoms with Gasteiger partial charge in [-0.25, -0.2) is 0 Å². The van der Waals surface area contributed by atoms with Crippen LogP contribution in [0, 0.1) is 0 Å². The Morgan fingerprint density at radius 1 is 1.43 bits per heavy atom. The van der Waals surface area contributed by atoms with Crippen LogP contribution in [0.2, 0.25) is 0 Å². The first-order chi connectivity index (χ1) is 6.69. The second kappa shape index (κ2) is 5.07. The molecule has 0 aromatic carbocycles. The number of carbonyl (C=O) groups excluding carboxylic acids is 2. The summed E-state index contributed by atoms with van der Waals surface area (Å²) in [7, 11) is 1.82. The van der Waals surface area contributed by atoms with Crippen molar-refractivity contribution in [1.29, 1.82) is 0 Å². The third kappa shape index (κ3) is 2.52. The molecule has 0 radical (unpaired) electrons. The van der Waals surface area contributed by atoms with Crippen LogP contribution in [-0.2, 0) is 14.3 Å². The number of hydrogen-bond donors (Lipinski definition) is 1. The van der Waals surface area contributed by atoms with E-state index in [9.17, 15) is 9.59 Å². The highest BCUT2D eigenvalue weighted by molar-refractivity contribution is 5.98. The minimum atomic E-state index is -0.241. The Morgan fingerprint density at radius 2 is 2.00 bits per heavy atom. The van der Waals surface area contributed by atoms with E-state index in [1.807, 2.05) is 14.0 Å². The SMILES string of the molecule is CCC(CN1C(=O)COCC1=O)NC. The molecule has 0 aromatic heterocycles. The molecule has 5 nitrogen and oxygen atoms in total. The fourth-order valence-electron chi connectivity index (χ4n) is 1.37. The van der Waals surface area contributed by atoms with E-state index in [2.05, 4.69) is 5.32 Å². The summed E-state index contributed by atoms with van der Waals surface area (Å²) in [6, 6.07) is 0.168. The summed E-state index contributed by atoms with van der Waals surface area (Å²) in [4.78, 5) is 23.9. The zero-order chi connectivity index (χ0) is 10.6. The predicted molar refractivity (Wildman–Crippen MR) is 50.7 cm³/mol. The number of hydrogen-bond acceptors (Lipinski definition) is 4. The van der Waals surface area contributed by atoms with Gasteiger partial charge in [0.25, 0.3) is 11.8 Å². The minimum Gasteiger partial charge on any atom is -0.362 e. The van der Waals surface area contributed by atoms with Gasteiger partial charge in [-0.05, 0) is 13.5 Å². The highest BCUT2D eigenvalue weighted by atomic mass is 16.5. The highest BCUT2D eigenvalue weighted by Crippen LogP contribution is 2.03. The Morgan fingerprint density at radius 3 is 2.43 bits per heavy atom. The van der Waals surface area contributed by atoms with Crippen molar-refractivity contribution in [2.75, 3.05) is 26.8 Å². The van der Waals surface area contributed by atoms with Crippen LogP contribution >= 0.6 is 0 Å². The summed E-state index contributed by atoms with van der Waals surface area (Å²) in [5.74, 6) is -0.482. The van der Waals surface area contributed by atoms with Gasteiger partial charge in [0, 0.05) is 12.6 Å². The molecule has 2 amide bonds. The van der Waals surface area contributed by atoms with Crippen molar-refractivity contribution >= 4 is 11.8 Å². The second-order valence-corrected chi connectivity index (χ2v) is 3.28. The van der Waals surface area contributed by atoms with Gasteiger partial charge in [-0.3, -0.25) is 14.5 Å². The van der Waals surface area contributed by atoms with E-state index in [1.54, 1.807) is 0 Å². The Bertz CT molecular complexity index is 210. The fourth-order valence-corrected chi connectivity index (χ4v) is 1.37. The summed E-state index contributed by atoms with van der Waals surface area (Å²) in [5, 5.41) is 3.05. The van der Waals surface area contributed by atoms with Crippen LogP contribution in [-0.4, -0.2) is 49.6 Å². The predicted octanol–water partition coefficient (Wildman–Crippen LogP) is -0.630. The fraction of sp³-hybridized carbons (Fsp3) is 0.778. The molecule has 1 aliphatic heterocycles. The second-order valence-electron chi connectivity index (χ2n) is 3.28. The topological polar surface area (TPSA) is 58.6 Å². The molecule has 1 aliphatic rings. The van der Waals surface area contributed by atoms with Crippen molar-refractivity contribution in [3.8, 4) is 0 Å². The molecule has 1 rings (SSSR count). The van der Waals surface area contributed by atoms with Crippen molar-refractivity contribution in [1.82, 2.24) is 10.2 Å². The number of amides is 2. The van der Waals surface area contributed by atoms with E-state index in [0.717, 1.165) is 6.42 Å². The molecular weight excluding hydrogens is 184 g/mol. The molecule has 1 saturated heterocycles. The molecule has 0 aromatic rings. The Kier molecular flexibility index (Phi) is 4.03. The lowest BCUT2D eigenvalue weighted by Gasteiger charge is -2.28. The van der Waals surface area contributed by atoms with Crippen LogP contribution in [0.25, 0.3) is 0 Å². The van der Waals surface area contributed by atoms with Gasteiger partial charge in [0.05, 0.1) is 0 Å². The van der Waals surface area contributed by atoms with Crippen molar-refractivity contribution in [3.63, 3.8) is 0 Å². The third-order valence-corrected chi connectivity index (χ3v) is 2.36. The van der Waals surface area contributed by atoms with Crippen molar-refractivity contribution in [2.24, 2.45) is 0 Å². The van der Waals surface area contributed by atoms with Crippen molar-refractivity contribution in [3.05, 3.63) is 0 Å².